The van der Waals surface area contributed by atoms with E-state index in [0.29, 0.717) is 26.3 Å². The van der Waals surface area contributed by atoms with Gasteiger partial charge in [-0.3, -0.25) is 10.1 Å². The molecule has 1 aromatic heterocycles. The minimum absolute atomic E-state index is 0.0560. The van der Waals surface area contributed by atoms with Crippen molar-refractivity contribution in [1.29, 1.82) is 0 Å². The summed E-state index contributed by atoms with van der Waals surface area (Å²) >= 11 is 0.861. The Balaban J connectivity index is 2.98. The number of rotatable bonds is 6. The first-order valence-corrected chi connectivity index (χ1v) is 6.65. The maximum Gasteiger partial charge on any atom is 0.343 e. The second kappa shape index (κ2) is 7.64. The summed E-state index contributed by atoms with van der Waals surface area (Å²) in [5.41, 5.74) is 0. The number of amides is 2. The zero-order chi connectivity index (χ0) is 14.3. The van der Waals surface area contributed by atoms with Crippen LogP contribution in [0.5, 0.6) is 0 Å². The Hall–Kier alpha value is -1.74. The highest BCUT2D eigenvalue weighted by Gasteiger charge is 2.13. The summed E-state index contributed by atoms with van der Waals surface area (Å²) in [7, 11) is 0. The summed E-state index contributed by atoms with van der Waals surface area (Å²) in [6.45, 7) is 5.47. The van der Waals surface area contributed by atoms with Gasteiger partial charge in [0.1, 0.15) is 0 Å². The highest BCUT2D eigenvalue weighted by Crippen LogP contribution is 2.13. The lowest BCUT2D eigenvalue weighted by atomic mass is 10.6. The molecule has 8 nitrogen and oxygen atoms in total. The molecule has 1 heterocycles. The predicted molar refractivity (Wildman–Crippen MR) is 70.1 cm³/mol. The minimum Gasteiger partial charge on any atom is -0.380 e. The molecule has 2 amide bonds. The van der Waals surface area contributed by atoms with Gasteiger partial charge in [-0.1, -0.05) is 0 Å². The van der Waals surface area contributed by atoms with E-state index in [9.17, 15) is 14.9 Å². The molecule has 0 fully saturated rings. The van der Waals surface area contributed by atoms with Crippen molar-refractivity contribution in [3.63, 3.8) is 0 Å². The van der Waals surface area contributed by atoms with E-state index in [1.807, 2.05) is 6.92 Å². The Bertz CT molecular complexity index is 508. The van der Waals surface area contributed by atoms with Gasteiger partial charge in [-0.25, -0.2) is 4.79 Å². The van der Waals surface area contributed by atoms with Crippen LogP contribution in [0.1, 0.15) is 13.8 Å². The van der Waals surface area contributed by atoms with Crippen molar-refractivity contribution in [3.05, 3.63) is 21.1 Å². The van der Waals surface area contributed by atoms with E-state index in [0.717, 1.165) is 11.3 Å². The number of carbonyl (C=O) groups excluding carboxylic acids is 1. The first kappa shape index (κ1) is 15.3. The van der Waals surface area contributed by atoms with Crippen molar-refractivity contribution in [2.24, 2.45) is 4.99 Å². The molecule has 0 unspecified atom stereocenters. The third kappa shape index (κ3) is 4.79. The number of nitrogens with zero attached hydrogens (tertiary/aromatic N) is 3. The molecule has 0 saturated heterocycles. The number of aromatic nitrogens is 1. The Kier molecular flexibility index (Phi) is 6.16. The zero-order valence-electron chi connectivity index (χ0n) is 10.8. The number of nitrogens with one attached hydrogen (secondary N) is 1. The van der Waals surface area contributed by atoms with Crippen molar-refractivity contribution in [1.82, 2.24) is 9.88 Å². The Morgan fingerprint density at radius 2 is 2.37 bits per heavy atom. The lowest BCUT2D eigenvalue weighted by Crippen LogP contribution is -2.24. The normalized spacial score (nSPS) is 11.6. The maximum absolute atomic E-state index is 11.4. The van der Waals surface area contributed by atoms with Gasteiger partial charge in [0.05, 0.1) is 17.7 Å². The first-order valence-electron chi connectivity index (χ1n) is 5.83. The molecule has 0 radical (unpaired) electrons. The second-order valence-corrected chi connectivity index (χ2v) is 4.43. The van der Waals surface area contributed by atoms with Crippen LogP contribution in [0.4, 0.5) is 9.80 Å². The molecule has 9 heteroatoms. The van der Waals surface area contributed by atoms with Gasteiger partial charge in [-0.15, -0.1) is 0 Å². The van der Waals surface area contributed by atoms with Crippen LogP contribution in [-0.2, 0) is 11.3 Å². The third-order valence-corrected chi connectivity index (χ3v) is 3.07. The lowest BCUT2D eigenvalue weighted by Gasteiger charge is -2.02. The summed E-state index contributed by atoms with van der Waals surface area (Å²) in [4.78, 5) is 25.7. The van der Waals surface area contributed by atoms with E-state index in [1.54, 1.807) is 11.5 Å². The fraction of sp³-hybridized carbons (Fsp3) is 0.600. The number of thiazole rings is 1. The third-order valence-electron chi connectivity index (χ3n) is 2.09. The van der Waals surface area contributed by atoms with E-state index < -0.39 is 11.0 Å². The fourth-order valence-corrected chi connectivity index (χ4v) is 2.11. The van der Waals surface area contributed by atoms with Crippen LogP contribution in [0.3, 0.4) is 0 Å². The molecule has 1 N–H and O–H groups in total. The molecule has 0 aliphatic carbocycles. The van der Waals surface area contributed by atoms with Crippen LogP contribution in [0, 0.1) is 10.1 Å². The molecular weight excluding hydrogens is 272 g/mol. The van der Waals surface area contributed by atoms with Gasteiger partial charge >= 0.3 is 11.0 Å². The fourth-order valence-electron chi connectivity index (χ4n) is 1.28. The average Bonchev–Trinajstić information content (AvgIpc) is 2.73. The predicted octanol–water partition coefficient (Wildman–Crippen LogP) is 1.12. The molecule has 106 valence electrons. The van der Waals surface area contributed by atoms with Gasteiger partial charge in [-0.05, 0) is 25.2 Å². The standard InChI is InChI=1S/C10H16N4O4S/c1-3-11-9(15)12-10-13(5-6-18-4-2)7-8(19-10)14(16)17/h7H,3-6H2,1-2H3,(H,11,15)/b12-10+. The van der Waals surface area contributed by atoms with Crippen LogP contribution < -0.4 is 10.1 Å². The molecule has 1 rings (SSSR count). The van der Waals surface area contributed by atoms with Gasteiger partial charge in [0, 0.05) is 19.7 Å². The molecule has 0 saturated carbocycles. The molecule has 0 aliphatic rings. The molecule has 0 atom stereocenters. The molecule has 19 heavy (non-hydrogen) atoms. The molecule has 1 aromatic rings. The number of nitro groups is 1. The van der Waals surface area contributed by atoms with E-state index in [2.05, 4.69) is 10.3 Å². The highest BCUT2D eigenvalue weighted by molar-refractivity contribution is 7.12. The molecule has 0 spiro atoms. The number of ether oxygens (including phenoxy) is 1. The van der Waals surface area contributed by atoms with Crippen LogP contribution in [0.25, 0.3) is 0 Å². The minimum atomic E-state index is -0.510. The smallest absolute Gasteiger partial charge is 0.343 e. The van der Waals surface area contributed by atoms with Crippen LogP contribution in [0.15, 0.2) is 11.2 Å². The second-order valence-electron chi connectivity index (χ2n) is 3.45. The van der Waals surface area contributed by atoms with Gasteiger partial charge in [0.25, 0.3) is 0 Å². The summed E-state index contributed by atoms with van der Waals surface area (Å²) in [5, 5.41) is 13.2. The van der Waals surface area contributed by atoms with E-state index in [-0.39, 0.29) is 9.80 Å². The first-order chi connectivity index (χ1) is 9.08. The molecule has 0 bridgehead atoms. The molecule has 0 aromatic carbocycles. The number of hydrogen-bond donors (Lipinski definition) is 1. The van der Waals surface area contributed by atoms with Gasteiger partial charge in [0.15, 0.2) is 0 Å². The SMILES string of the molecule is CCNC(=O)/N=c1/sc([N+](=O)[O-])cn1CCOCC. The number of carbonyl (C=O) groups is 1. The quantitative estimate of drug-likeness (QED) is 0.482. The van der Waals surface area contributed by atoms with Gasteiger partial charge in [0.2, 0.25) is 4.80 Å². The van der Waals surface area contributed by atoms with E-state index in [1.165, 1.54) is 6.20 Å². The monoisotopic (exact) mass is 288 g/mol. The molecule has 0 aliphatic heterocycles. The number of urea groups is 1. The highest BCUT2D eigenvalue weighted by atomic mass is 32.1. The molecular formula is C10H16N4O4S. The van der Waals surface area contributed by atoms with E-state index >= 15 is 0 Å². The van der Waals surface area contributed by atoms with Crippen LogP contribution in [-0.4, -0.2) is 35.3 Å². The zero-order valence-corrected chi connectivity index (χ0v) is 11.6. The lowest BCUT2D eigenvalue weighted by molar-refractivity contribution is -0.380. The van der Waals surface area contributed by atoms with Crippen LogP contribution in [0.2, 0.25) is 0 Å². The summed E-state index contributed by atoms with van der Waals surface area (Å²) in [5.74, 6) is 0. The van der Waals surface area contributed by atoms with Gasteiger partial charge < -0.3 is 14.6 Å². The summed E-state index contributed by atoms with van der Waals surface area (Å²) in [6, 6.07) is -0.510. The van der Waals surface area contributed by atoms with Crippen molar-refractivity contribution >= 4 is 22.4 Å². The maximum atomic E-state index is 11.4. The summed E-state index contributed by atoms with van der Waals surface area (Å²) in [6.07, 6.45) is 1.36. The van der Waals surface area contributed by atoms with E-state index in [4.69, 9.17) is 4.74 Å². The number of hydrogen-bond acceptors (Lipinski definition) is 5. The van der Waals surface area contributed by atoms with Crippen LogP contribution >= 0.6 is 11.3 Å². The van der Waals surface area contributed by atoms with Crippen molar-refractivity contribution in [2.75, 3.05) is 19.8 Å². The topological polar surface area (TPSA) is 98.8 Å². The average molecular weight is 288 g/mol. The Morgan fingerprint density at radius 1 is 1.63 bits per heavy atom. The summed E-state index contributed by atoms with van der Waals surface area (Å²) < 4.78 is 6.74. The Morgan fingerprint density at radius 3 is 2.95 bits per heavy atom. The van der Waals surface area contributed by atoms with Crippen molar-refractivity contribution in [3.8, 4) is 0 Å². The Labute approximate surface area is 113 Å². The largest absolute Gasteiger partial charge is 0.380 e. The van der Waals surface area contributed by atoms with Gasteiger partial charge in [-0.2, -0.15) is 4.99 Å². The van der Waals surface area contributed by atoms with Crippen molar-refractivity contribution < 1.29 is 14.5 Å². The van der Waals surface area contributed by atoms with Crippen molar-refractivity contribution in [2.45, 2.75) is 20.4 Å².